The van der Waals surface area contributed by atoms with E-state index >= 15 is 0 Å². The molecule has 8 heteroatoms. The van der Waals surface area contributed by atoms with Crippen molar-refractivity contribution in [2.24, 2.45) is 13.0 Å². The number of hydrogen-bond donors (Lipinski definition) is 1. The first-order valence-corrected chi connectivity index (χ1v) is 10.7. The second kappa shape index (κ2) is 7.85. The number of benzene rings is 1. The zero-order valence-electron chi connectivity index (χ0n) is 18.3. The minimum Gasteiger partial charge on any atom is -0.384 e. The average Bonchev–Trinajstić information content (AvgIpc) is 3.38. The van der Waals surface area contributed by atoms with Crippen molar-refractivity contribution in [2.75, 3.05) is 31.7 Å². The van der Waals surface area contributed by atoms with Crippen molar-refractivity contribution in [1.29, 1.82) is 0 Å². The number of amides is 1. The normalized spacial score (nSPS) is 18.1. The zero-order valence-corrected chi connectivity index (χ0v) is 18.3. The minimum atomic E-state index is 0.107. The fourth-order valence-electron chi connectivity index (χ4n) is 4.81. The molecular formula is C23H28N6O2. The number of nitrogens with zero attached hydrogens (tertiary/aromatic N) is 5. The Kier molecular flexibility index (Phi) is 5.02. The number of anilines is 2. The van der Waals surface area contributed by atoms with Crippen molar-refractivity contribution >= 4 is 17.4 Å². The summed E-state index contributed by atoms with van der Waals surface area (Å²) in [5.74, 6) is 1.40. The van der Waals surface area contributed by atoms with Gasteiger partial charge in [-0.25, -0.2) is 0 Å². The summed E-state index contributed by atoms with van der Waals surface area (Å²) in [7, 11) is 3.69. The van der Waals surface area contributed by atoms with Crippen molar-refractivity contribution < 1.29 is 9.53 Å². The van der Waals surface area contributed by atoms with Gasteiger partial charge in [-0.1, -0.05) is 6.07 Å². The van der Waals surface area contributed by atoms with Crippen molar-refractivity contribution in [3.05, 3.63) is 47.4 Å². The molecule has 2 aliphatic heterocycles. The number of aromatic amines is 1. The van der Waals surface area contributed by atoms with Crippen LogP contribution >= 0.6 is 0 Å². The largest absolute Gasteiger partial charge is 0.384 e. The molecule has 3 aromatic rings. The fourth-order valence-corrected chi connectivity index (χ4v) is 4.81. The third-order valence-electron chi connectivity index (χ3n) is 6.37. The van der Waals surface area contributed by atoms with Gasteiger partial charge in [0.1, 0.15) is 0 Å². The predicted molar refractivity (Wildman–Crippen MR) is 118 cm³/mol. The van der Waals surface area contributed by atoms with Gasteiger partial charge in [-0.05, 0) is 29.7 Å². The van der Waals surface area contributed by atoms with E-state index in [0.29, 0.717) is 19.1 Å². The molecule has 0 fully saturated rings. The molecule has 1 aromatic carbocycles. The Morgan fingerprint density at radius 1 is 1.32 bits per heavy atom. The molecule has 2 aliphatic rings. The number of aromatic nitrogens is 4. The molecule has 0 bridgehead atoms. The lowest BCUT2D eigenvalue weighted by Gasteiger charge is -2.36. The number of hydrogen-bond acceptors (Lipinski definition) is 5. The van der Waals surface area contributed by atoms with Crippen LogP contribution in [0.2, 0.25) is 0 Å². The van der Waals surface area contributed by atoms with Gasteiger partial charge < -0.3 is 14.5 Å². The third-order valence-corrected chi connectivity index (χ3v) is 6.37. The smallest absolute Gasteiger partial charge is 0.219 e. The van der Waals surface area contributed by atoms with Gasteiger partial charge in [0.2, 0.25) is 5.91 Å². The SMILES string of the molecule is COCC1Cc2cc(-c3cnn(C)c3)ccc2N(c2n[nH]c3c2CN(C(C)=O)CC3)C1. The van der Waals surface area contributed by atoms with Gasteiger partial charge in [0.05, 0.1) is 19.3 Å². The summed E-state index contributed by atoms with van der Waals surface area (Å²) >= 11 is 0. The molecule has 162 valence electrons. The highest BCUT2D eigenvalue weighted by Crippen LogP contribution is 2.39. The summed E-state index contributed by atoms with van der Waals surface area (Å²) < 4.78 is 7.35. The molecule has 1 N–H and O–H groups in total. The van der Waals surface area contributed by atoms with Crippen molar-refractivity contribution in [1.82, 2.24) is 24.9 Å². The highest BCUT2D eigenvalue weighted by atomic mass is 16.5. The second-order valence-corrected chi connectivity index (χ2v) is 8.58. The van der Waals surface area contributed by atoms with Crippen LogP contribution in [0.4, 0.5) is 11.5 Å². The maximum absolute atomic E-state index is 12.0. The second-order valence-electron chi connectivity index (χ2n) is 8.58. The third kappa shape index (κ3) is 3.61. The number of nitrogens with one attached hydrogen (secondary N) is 1. The molecule has 8 nitrogen and oxygen atoms in total. The quantitative estimate of drug-likeness (QED) is 0.702. The van der Waals surface area contributed by atoms with Crippen LogP contribution in [0.3, 0.4) is 0 Å². The van der Waals surface area contributed by atoms with Crippen LogP contribution in [0.1, 0.15) is 23.7 Å². The molecule has 31 heavy (non-hydrogen) atoms. The van der Waals surface area contributed by atoms with Crippen LogP contribution in [0.5, 0.6) is 0 Å². The number of ether oxygens (including phenoxy) is 1. The maximum atomic E-state index is 12.0. The number of fused-ring (bicyclic) bond motifs is 2. The average molecular weight is 421 g/mol. The first-order chi connectivity index (χ1) is 15.0. The van der Waals surface area contributed by atoms with E-state index in [1.807, 2.05) is 29.0 Å². The monoisotopic (exact) mass is 420 g/mol. The van der Waals surface area contributed by atoms with Crippen LogP contribution in [0, 0.1) is 5.92 Å². The van der Waals surface area contributed by atoms with Crippen molar-refractivity contribution in [2.45, 2.75) is 26.3 Å². The van der Waals surface area contributed by atoms with Gasteiger partial charge in [0.25, 0.3) is 0 Å². The lowest BCUT2D eigenvalue weighted by molar-refractivity contribution is -0.129. The highest BCUT2D eigenvalue weighted by molar-refractivity contribution is 5.76. The molecule has 1 amide bonds. The summed E-state index contributed by atoms with van der Waals surface area (Å²) in [5.41, 5.74) is 6.99. The summed E-state index contributed by atoms with van der Waals surface area (Å²) in [6.07, 6.45) is 5.70. The Balaban J connectivity index is 1.55. The molecule has 0 saturated carbocycles. The minimum absolute atomic E-state index is 0.107. The van der Waals surface area contributed by atoms with E-state index in [1.54, 1.807) is 14.0 Å². The summed E-state index contributed by atoms with van der Waals surface area (Å²) in [4.78, 5) is 16.2. The van der Waals surface area contributed by atoms with Crippen LogP contribution < -0.4 is 4.90 Å². The van der Waals surface area contributed by atoms with Gasteiger partial charge >= 0.3 is 0 Å². The number of H-pyrrole nitrogens is 1. The van der Waals surface area contributed by atoms with E-state index in [2.05, 4.69) is 33.3 Å². The van der Waals surface area contributed by atoms with Gasteiger partial charge in [-0.3, -0.25) is 14.6 Å². The first-order valence-electron chi connectivity index (χ1n) is 10.7. The van der Waals surface area contributed by atoms with E-state index in [0.717, 1.165) is 54.1 Å². The van der Waals surface area contributed by atoms with Crippen LogP contribution in [0.15, 0.2) is 30.6 Å². The van der Waals surface area contributed by atoms with Gasteiger partial charge in [0.15, 0.2) is 5.82 Å². The maximum Gasteiger partial charge on any atom is 0.219 e. The topological polar surface area (TPSA) is 79.3 Å². The lowest BCUT2D eigenvalue weighted by Crippen LogP contribution is -2.37. The molecule has 0 aliphatic carbocycles. The van der Waals surface area contributed by atoms with E-state index < -0.39 is 0 Å². The molecular weight excluding hydrogens is 392 g/mol. The van der Waals surface area contributed by atoms with E-state index in [4.69, 9.17) is 9.84 Å². The fraction of sp³-hybridized carbons (Fsp3) is 0.435. The molecule has 1 unspecified atom stereocenters. The molecule has 0 saturated heterocycles. The molecule has 1 atom stereocenters. The molecule has 0 spiro atoms. The number of methoxy groups -OCH3 is 1. The number of carbonyl (C=O) groups excluding carboxylic acids is 1. The van der Waals surface area contributed by atoms with Crippen LogP contribution in [0.25, 0.3) is 11.1 Å². The Morgan fingerprint density at radius 3 is 2.94 bits per heavy atom. The Hall–Kier alpha value is -3.13. The number of rotatable bonds is 4. The first kappa shape index (κ1) is 19.8. The van der Waals surface area contributed by atoms with Gasteiger partial charge in [-0.15, -0.1) is 0 Å². The zero-order chi connectivity index (χ0) is 21.5. The Bertz CT molecular complexity index is 1120. The van der Waals surface area contributed by atoms with Gasteiger partial charge in [-0.2, -0.15) is 10.2 Å². The van der Waals surface area contributed by atoms with Crippen LogP contribution in [-0.2, 0) is 36.0 Å². The summed E-state index contributed by atoms with van der Waals surface area (Å²) in [6, 6.07) is 6.61. The number of carbonyl (C=O) groups is 1. The Morgan fingerprint density at radius 2 is 2.19 bits per heavy atom. The van der Waals surface area contributed by atoms with Crippen molar-refractivity contribution in [3.63, 3.8) is 0 Å². The van der Waals surface area contributed by atoms with E-state index in [-0.39, 0.29) is 5.91 Å². The van der Waals surface area contributed by atoms with Crippen LogP contribution in [-0.4, -0.2) is 57.6 Å². The molecule has 4 heterocycles. The highest BCUT2D eigenvalue weighted by Gasteiger charge is 2.32. The molecule has 2 aromatic heterocycles. The molecule has 5 rings (SSSR count). The molecule has 0 radical (unpaired) electrons. The lowest BCUT2D eigenvalue weighted by atomic mass is 9.90. The summed E-state index contributed by atoms with van der Waals surface area (Å²) in [6.45, 7) is 4.51. The predicted octanol–water partition coefficient (Wildman–Crippen LogP) is 2.67. The standard InChI is InChI=1S/C23H28N6O2/c1-15(30)28-7-6-21-20(13-28)23(26-25-21)29-11-16(14-31-3)8-18-9-17(4-5-22(18)29)19-10-24-27(2)12-19/h4-5,9-10,12,16H,6-8,11,13-14H2,1-3H3,(H,25,26). The van der Waals surface area contributed by atoms with E-state index in [1.165, 1.54) is 11.3 Å². The van der Waals surface area contributed by atoms with Crippen molar-refractivity contribution in [3.8, 4) is 11.1 Å². The Labute approximate surface area is 181 Å². The summed E-state index contributed by atoms with van der Waals surface area (Å²) in [5, 5.41) is 12.2. The number of aryl methyl sites for hydroxylation is 1. The van der Waals surface area contributed by atoms with Gasteiger partial charge in [0, 0.05) is 75.2 Å². The van der Waals surface area contributed by atoms with E-state index in [9.17, 15) is 4.79 Å².